The molecule has 2 aliphatic rings. The van der Waals surface area contributed by atoms with E-state index in [9.17, 15) is 0 Å². The Balaban J connectivity index is 1.48. The first-order chi connectivity index (χ1) is 10.2. The fourth-order valence-corrected chi connectivity index (χ4v) is 3.68. The fourth-order valence-electron chi connectivity index (χ4n) is 3.68. The van der Waals surface area contributed by atoms with Crippen molar-refractivity contribution in [2.75, 3.05) is 0 Å². The molecule has 0 amide bonds. The zero-order chi connectivity index (χ0) is 14.3. The highest BCUT2D eigenvalue weighted by molar-refractivity contribution is 5.61. The van der Waals surface area contributed by atoms with Crippen LogP contribution < -0.4 is 5.32 Å². The van der Waals surface area contributed by atoms with Crippen LogP contribution in [0.2, 0.25) is 0 Å². The molecule has 0 bridgehead atoms. The van der Waals surface area contributed by atoms with E-state index < -0.39 is 0 Å². The molecule has 2 heterocycles. The molecule has 1 atom stereocenters. The summed E-state index contributed by atoms with van der Waals surface area (Å²) >= 11 is 0. The number of pyridine rings is 1. The van der Waals surface area contributed by atoms with Crippen molar-refractivity contribution in [3.63, 3.8) is 0 Å². The van der Waals surface area contributed by atoms with Crippen LogP contribution in [0.15, 0.2) is 30.7 Å². The maximum Gasteiger partial charge on any atom is 0.0983 e. The van der Waals surface area contributed by atoms with Gasteiger partial charge in [0.25, 0.3) is 0 Å². The van der Waals surface area contributed by atoms with E-state index >= 15 is 0 Å². The maximum atomic E-state index is 4.60. The van der Waals surface area contributed by atoms with E-state index in [0.29, 0.717) is 6.04 Å². The van der Waals surface area contributed by atoms with Gasteiger partial charge in [0.1, 0.15) is 0 Å². The molecule has 1 spiro atoms. The van der Waals surface area contributed by atoms with Gasteiger partial charge >= 0.3 is 0 Å². The molecule has 4 rings (SSSR count). The van der Waals surface area contributed by atoms with Crippen LogP contribution in [0.3, 0.4) is 0 Å². The lowest BCUT2D eigenvalue weighted by atomic mass is 10.1. The number of aryl methyl sites for hydroxylation is 1. The molecule has 110 valence electrons. The molecule has 4 nitrogen and oxygen atoms in total. The highest BCUT2D eigenvalue weighted by Crippen LogP contribution is 2.57. The van der Waals surface area contributed by atoms with Gasteiger partial charge in [-0.1, -0.05) is 0 Å². The predicted molar refractivity (Wildman–Crippen MR) is 82.6 cm³/mol. The molecule has 4 heteroatoms. The summed E-state index contributed by atoms with van der Waals surface area (Å²) in [5, 5.41) is 8.35. The van der Waals surface area contributed by atoms with Crippen LogP contribution in [-0.2, 0) is 13.6 Å². The van der Waals surface area contributed by atoms with Crippen molar-refractivity contribution in [3.8, 4) is 11.3 Å². The van der Waals surface area contributed by atoms with Gasteiger partial charge in [-0.15, -0.1) is 0 Å². The minimum Gasteiger partial charge on any atom is -0.310 e. The Kier molecular flexibility index (Phi) is 3.07. The zero-order valence-corrected chi connectivity index (χ0v) is 12.5. The summed E-state index contributed by atoms with van der Waals surface area (Å²) < 4.78 is 1.90. The minimum absolute atomic E-state index is 0.689. The SMILES string of the molecule is Cn1cc(CNC2CCC3(CC3)C2)c(-c2cccnc2)n1. The minimum atomic E-state index is 0.689. The first kappa shape index (κ1) is 13.0. The highest BCUT2D eigenvalue weighted by atomic mass is 15.3. The summed E-state index contributed by atoms with van der Waals surface area (Å²) in [6.45, 7) is 0.902. The highest BCUT2D eigenvalue weighted by Gasteiger charge is 2.47. The topological polar surface area (TPSA) is 42.7 Å². The number of hydrogen-bond acceptors (Lipinski definition) is 3. The lowest BCUT2D eigenvalue weighted by molar-refractivity contribution is 0.475. The third-order valence-electron chi connectivity index (χ3n) is 5.08. The van der Waals surface area contributed by atoms with E-state index in [1.54, 1.807) is 6.20 Å². The van der Waals surface area contributed by atoms with Crippen LogP contribution >= 0.6 is 0 Å². The second-order valence-electron chi connectivity index (χ2n) is 6.74. The lowest BCUT2D eigenvalue weighted by Gasteiger charge is -2.12. The molecule has 2 aromatic heterocycles. The van der Waals surface area contributed by atoms with E-state index in [1.807, 2.05) is 24.0 Å². The number of nitrogens with one attached hydrogen (secondary N) is 1. The van der Waals surface area contributed by atoms with Gasteiger partial charge in [-0.2, -0.15) is 5.10 Å². The Labute approximate surface area is 125 Å². The molecule has 2 aliphatic carbocycles. The molecule has 1 N–H and O–H groups in total. The molecule has 21 heavy (non-hydrogen) atoms. The van der Waals surface area contributed by atoms with Gasteiger partial charge in [0, 0.05) is 49.4 Å². The Bertz CT molecular complexity index is 627. The average molecular weight is 282 g/mol. The van der Waals surface area contributed by atoms with Gasteiger partial charge in [-0.3, -0.25) is 9.67 Å². The first-order valence-corrected chi connectivity index (χ1v) is 7.90. The largest absolute Gasteiger partial charge is 0.310 e. The number of rotatable bonds is 4. The first-order valence-electron chi connectivity index (χ1n) is 7.90. The van der Waals surface area contributed by atoms with Crippen LogP contribution in [0, 0.1) is 5.41 Å². The molecule has 0 aromatic carbocycles. The molecular weight excluding hydrogens is 260 g/mol. The number of hydrogen-bond donors (Lipinski definition) is 1. The van der Waals surface area contributed by atoms with Gasteiger partial charge in [-0.25, -0.2) is 0 Å². The Hall–Kier alpha value is -1.68. The molecule has 1 unspecified atom stereocenters. The summed E-state index contributed by atoms with van der Waals surface area (Å²) in [5.74, 6) is 0. The van der Waals surface area contributed by atoms with Crippen LogP contribution in [-0.4, -0.2) is 20.8 Å². The van der Waals surface area contributed by atoms with Crippen LogP contribution in [0.25, 0.3) is 11.3 Å². The Morgan fingerprint density at radius 3 is 3.00 bits per heavy atom. The van der Waals surface area contributed by atoms with Crippen molar-refractivity contribution in [1.29, 1.82) is 0 Å². The fraction of sp³-hybridized carbons (Fsp3) is 0.529. The molecule has 2 fully saturated rings. The molecule has 2 aromatic rings. The van der Waals surface area contributed by atoms with Crippen LogP contribution in [0.5, 0.6) is 0 Å². The van der Waals surface area contributed by atoms with Crippen molar-refractivity contribution in [2.24, 2.45) is 12.5 Å². The monoisotopic (exact) mass is 282 g/mol. The molecule has 2 saturated carbocycles. The van der Waals surface area contributed by atoms with Gasteiger partial charge in [0.15, 0.2) is 0 Å². The van der Waals surface area contributed by atoms with Crippen LogP contribution in [0.1, 0.15) is 37.7 Å². The molecular formula is C17H22N4. The quantitative estimate of drug-likeness (QED) is 0.937. The van der Waals surface area contributed by atoms with Crippen molar-refractivity contribution in [3.05, 3.63) is 36.3 Å². The predicted octanol–water partition coefficient (Wildman–Crippen LogP) is 2.90. The van der Waals surface area contributed by atoms with Gasteiger partial charge in [-0.05, 0) is 49.7 Å². The molecule has 0 saturated heterocycles. The summed E-state index contributed by atoms with van der Waals surface area (Å²) in [5.41, 5.74) is 4.15. The van der Waals surface area contributed by atoms with Crippen LogP contribution in [0.4, 0.5) is 0 Å². The van der Waals surface area contributed by atoms with Crippen molar-refractivity contribution in [1.82, 2.24) is 20.1 Å². The molecule has 0 radical (unpaired) electrons. The third-order valence-corrected chi connectivity index (χ3v) is 5.08. The third kappa shape index (κ3) is 2.60. The molecule has 0 aliphatic heterocycles. The average Bonchev–Trinajstić information content (AvgIpc) is 2.97. The van der Waals surface area contributed by atoms with E-state index in [2.05, 4.69) is 27.7 Å². The summed E-state index contributed by atoms with van der Waals surface area (Å²) in [7, 11) is 1.98. The van der Waals surface area contributed by atoms with E-state index in [1.165, 1.54) is 37.7 Å². The Morgan fingerprint density at radius 2 is 2.29 bits per heavy atom. The maximum absolute atomic E-state index is 4.60. The summed E-state index contributed by atoms with van der Waals surface area (Å²) in [6, 6.07) is 4.73. The standard InChI is InChI=1S/C17H22N4/c1-21-12-14(16(20-21)13-3-2-8-18-10-13)11-19-15-4-5-17(9-15)6-7-17/h2-3,8,10,12,15,19H,4-7,9,11H2,1H3. The summed E-state index contributed by atoms with van der Waals surface area (Å²) in [6.07, 6.45) is 12.9. The van der Waals surface area contributed by atoms with E-state index in [0.717, 1.165) is 23.2 Å². The van der Waals surface area contributed by atoms with Gasteiger partial charge in [0.2, 0.25) is 0 Å². The van der Waals surface area contributed by atoms with Gasteiger partial charge in [0.05, 0.1) is 5.69 Å². The van der Waals surface area contributed by atoms with Crippen molar-refractivity contribution >= 4 is 0 Å². The Morgan fingerprint density at radius 1 is 1.38 bits per heavy atom. The second kappa shape index (κ2) is 4.95. The smallest absolute Gasteiger partial charge is 0.0983 e. The van der Waals surface area contributed by atoms with Crippen molar-refractivity contribution in [2.45, 2.75) is 44.7 Å². The summed E-state index contributed by atoms with van der Waals surface area (Å²) in [4.78, 5) is 4.21. The number of aromatic nitrogens is 3. The van der Waals surface area contributed by atoms with Crippen molar-refractivity contribution < 1.29 is 0 Å². The normalized spacial score (nSPS) is 22.8. The van der Waals surface area contributed by atoms with Gasteiger partial charge < -0.3 is 5.32 Å². The zero-order valence-electron chi connectivity index (χ0n) is 12.5. The van der Waals surface area contributed by atoms with E-state index in [4.69, 9.17) is 0 Å². The number of nitrogens with zero attached hydrogens (tertiary/aromatic N) is 3. The second-order valence-corrected chi connectivity index (χ2v) is 6.74. The lowest BCUT2D eigenvalue weighted by Crippen LogP contribution is -2.26. The van der Waals surface area contributed by atoms with E-state index in [-0.39, 0.29) is 0 Å².